The Morgan fingerprint density at radius 3 is 2.72 bits per heavy atom. The number of H-pyrrole nitrogens is 1. The number of amides is 1. The molecular weight excluding hydrogens is 412 g/mol. The molecule has 0 aliphatic rings. The summed E-state index contributed by atoms with van der Waals surface area (Å²) in [6.45, 7) is 0. The average molecular weight is 428 g/mol. The third kappa shape index (κ3) is 3.29. The SMILES string of the molecule is COc1cccc(-c2nc3c(-c4ccco4)[nH]nc3c(=O)n2NC(=O)c2ccncc2)c1. The van der Waals surface area contributed by atoms with Crippen LogP contribution in [0.3, 0.4) is 0 Å². The maximum Gasteiger partial charge on any atom is 0.301 e. The number of pyridine rings is 1. The number of aromatic amines is 1. The first kappa shape index (κ1) is 19.2. The van der Waals surface area contributed by atoms with Gasteiger partial charge in [0.1, 0.15) is 17.0 Å². The number of nitrogens with zero attached hydrogens (tertiary/aromatic N) is 4. The van der Waals surface area contributed by atoms with Crippen molar-refractivity contribution in [3.8, 4) is 28.6 Å². The van der Waals surface area contributed by atoms with E-state index in [4.69, 9.17) is 9.15 Å². The highest BCUT2D eigenvalue weighted by Crippen LogP contribution is 2.27. The van der Waals surface area contributed by atoms with Crippen molar-refractivity contribution in [2.24, 2.45) is 0 Å². The molecule has 32 heavy (non-hydrogen) atoms. The molecule has 4 aromatic heterocycles. The average Bonchev–Trinajstić information content (AvgIpc) is 3.51. The largest absolute Gasteiger partial charge is 0.497 e. The van der Waals surface area contributed by atoms with Gasteiger partial charge in [-0.25, -0.2) is 4.98 Å². The minimum Gasteiger partial charge on any atom is -0.497 e. The van der Waals surface area contributed by atoms with Crippen LogP contribution in [0.15, 0.2) is 76.4 Å². The molecule has 4 heterocycles. The number of methoxy groups -OCH3 is 1. The van der Waals surface area contributed by atoms with Crippen LogP contribution >= 0.6 is 0 Å². The van der Waals surface area contributed by atoms with Gasteiger partial charge in [0.25, 0.3) is 5.91 Å². The van der Waals surface area contributed by atoms with Gasteiger partial charge in [0.15, 0.2) is 17.1 Å². The number of rotatable bonds is 5. The smallest absolute Gasteiger partial charge is 0.301 e. The van der Waals surface area contributed by atoms with Crippen molar-refractivity contribution < 1.29 is 13.9 Å². The summed E-state index contributed by atoms with van der Waals surface area (Å²) in [5.41, 5.74) is 3.80. The van der Waals surface area contributed by atoms with Crippen LogP contribution in [-0.4, -0.2) is 37.9 Å². The molecule has 158 valence electrons. The van der Waals surface area contributed by atoms with Crippen molar-refractivity contribution in [1.82, 2.24) is 24.8 Å². The molecule has 0 radical (unpaired) electrons. The summed E-state index contributed by atoms with van der Waals surface area (Å²) < 4.78 is 11.8. The summed E-state index contributed by atoms with van der Waals surface area (Å²) in [6, 6.07) is 13.6. The van der Waals surface area contributed by atoms with E-state index < -0.39 is 11.5 Å². The van der Waals surface area contributed by atoms with Crippen LogP contribution in [0.25, 0.3) is 33.9 Å². The first-order valence-electron chi connectivity index (χ1n) is 9.56. The molecule has 5 rings (SSSR count). The highest BCUT2D eigenvalue weighted by molar-refractivity contribution is 6.00. The fraction of sp³-hybridized carbons (Fsp3) is 0.0455. The van der Waals surface area contributed by atoms with Crippen LogP contribution < -0.4 is 15.7 Å². The summed E-state index contributed by atoms with van der Waals surface area (Å²) in [5.74, 6) is 0.761. The number of nitrogens with one attached hydrogen (secondary N) is 2. The van der Waals surface area contributed by atoms with Gasteiger partial charge < -0.3 is 9.15 Å². The molecule has 10 heteroatoms. The predicted octanol–water partition coefficient (Wildman–Crippen LogP) is 2.83. The van der Waals surface area contributed by atoms with Crippen molar-refractivity contribution >= 4 is 16.9 Å². The van der Waals surface area contributed by atoms with Crippen LogP contribution in [0.2, 0.25) is 0 Å². The van der Waals surface area contributed by atoms with Crippen molar-refractivity contribution in [3.05, 3.63) is 83.1 Å². The van der Waals surface area contributed by atoms with Gasteiger partial charge in [0, 0.05) is 23.5 Å². The van der Waals surface area contributed by atoms with Crippen LogP contribution in [-0.2, 0) is 0 Å². The van der Waals surface area contributed by atoms with Gasteiger partial charge in [0.05, 0.1) is 13.4 Å². The Morgan fingerprint density at radius 1 is 1.12 bits per heavy atom. The Balaban J connectivity index is 1.73. The van der Waals surface area contributed by atoms with Crippen LogP contribution in [0.5, 0.6) is 5.75 Å². The van der Waals surface area contributed by atoms with E-state index in [0.717, 1.165) is 4.68 Å². The Morgan fingerprint density at radius 2 is 1.97 bits per heavy atom. The van der Waals surface area contributed by atoms with E-state index >= 15 is 0 Å². The maximum absolute atomic E-state index is 13.4. The highest BCUT2D eigenvalue weighted by atomic mass is 16.5. The second-order valence-corrected chi connectivity index (χ2v) is 6.76. The van der Waals surface area contributed by atoms with Gasteiger partial charge in [-0.05, 0) is 36.4 Å². The fourth-order valence-corrected chi connectivity index (χ4v) is 3.27. The second kappa shape index (κ2) is 7.84. The topological polar surface area (TPSA) is 128 Å². The minimum atomic E-state index is -0.552. The predicted molar refractivity (Wildman–Crippen MR) is 116 cm³/mol. The lowest BCUT2D eigenvalue weighted by Gasteiger charge is -2.14. The summed E-state index contributed by atoms with van der Waals surface area (Å²) in [5, 5.41) is 6.92. The van der Waals surface area contributed by atoms with E-state index in [-0.39, 0.29) is 11.3 Å². The van der Waals surface area contributed by atoms with E-state index in [1.807, 2.05) is 0 Å². The summed E-state index contributed by atoms with van der Waals surface area (Å²) >= 11 is 0. The fourth-order valence-electron chi connectivity index (χ4n) is 3.27. The number of carbonyl (C=O) groups is 1. The van der Waals surface area contributed by atoms with Crippen molar-refractivity contribution in [2.45, 2.75) is 0 Å². The molecule has 2 N–H and O–H groups in total. The zero-order valence-corrected chi connectivity index (χ0v) is 16.8. The van der Waals surface area contributed by atoms with Crippen LogP contribution in [0.4, 0.5) is 0 Å². The first-order valence-corrected chi connectivity index (χ1v) is 9.56. The van der Waals surface area contributed by atoms with E-state index in [9.17, 15) is 9.59 Å². The Labute approximate surface area is 180 Å². The summed E-state index contributed by atoms with van der Waals surface area (Å²) in [6.07, 6.45) is 4.50. The third-order valence-corrected chi connectivity index (χ3v) is 4.83. The molecule has 0 saturated heterocycles. The molecule has 1 aromatic carbocycles. The molecule has 1 amide bonds. The van der Waals surface area contributed by atoms with Crippen LogP contribution in [0.1, 0.15) is 10.4 Å². The minimum absolute atomic E-state index is 0.0538. The zero-order chi connectivity index (χ0) is 22.1. The molecule has 10 nitrogen and oxygen atoms in total. The molecule has 0 saturated carbocycles. The second-order valence-electron chi connectivity index (χ2n) is 6.76. The number of aromatic nitrogens is 5. The molecule has 5 aromatic rings. The van der Waals surface area contributed by atoms with Gasteiger partial charge in [-0.2, -0.15) is 9.77 Å². The van der Waals surface area contributed by atoms with E-state index in [2.05, 4.69) is 25.6 Å². The lowest BCUT2D eigenvalue weighted by molar-refractivity contribution is 0.101. The lowest BCUT2D eigenvalue weighted by Crippen LogP contribution is -2.35. The molecule has 0 spiro atoms. The third-order valence-electron chi connectivity index (χ3n) is 4.83. The monoisotopic (exact) mass is 428 g/mol. The standard InChI is InChI=1S/C22H16N6O4/c1-31-15-5-2-4-14(12-15)20-24-18-17(16-6-3-11-32-16)25-26-19(18)22(30)28(20)27-21(29)13-7-9-23-10-8-13/h2-12H,1H3,(H,25,26)(H,27,29). The molecule has 0 aliphatic heterocycles. The number of furan rings is 1. The van der Waals surface area contributed by atoms with Gasteiger partial charge in [-0.1, -0.05) is 12.1 Å². The maximum atomic E-state index is 13.4. The molecular formula is C22H16N6O4. The number of ether oxygens (including phenoxy) is 1. The Bertz CT molecular complexity index is 1470. The zero-order valence-electron chi connectivity index (χ0n) is 16.8. The van der Waals surface area contributed by atoms with E-state index in [1.54, 1.807) is 55.6 Å². The number of hydrogen-bond acceptors (Lipinski definition) is 7. The number of benzene rings is 1. The lowest BCUT2D eigenvalue weighted by atomic mass is 10.2. The molecule has 0 fully saturated rings. The van der Waals surface area contributed by atoms with Gasteiger partial charge in [0.2, 0.25) is 0 Å². The van der Waals surface area contributed by atoms with Crippen LogP contribution in [0, 0.1) is 0 Å². The van der Waals surface area contributed by atoms with E-state index in [1.165, 1.54) is 18.7 Å². The van der Waals surface area contributed by atoms with Gasteiger partial charge in [-0.3, -0.25) is 25.1 Å². The number of carbonyl (C=O) groups excluding carboxylic acids is 1. The first-order chi connectivity index (χ1) is 15.7. The number of fused-ring (bicyclic) bond motifs is 1. The quantitative estimate of drug-likeness (QED) is 0.440. The molecule has 0 unspecified atom stereocenters. The van der Waals surface area contributed by atoms with Gasteiger partial charge >= 0.3 is 5.56 Å². The number of hydrogen-bond donors (Lipinski definition) is 2. The highest BCUT2D eigenvalue weighted by Gasteiger charge is 2.21. The summed E-state index contributed by atoms with van der Waals surface area (Å²) in [7, 11) is 1.54. The Hall–Kier alpha value is -4.73. The van der Waals surface area contributed by atoms with Crippen molar-refractivity contribution in [3.63, 3.8) is 0 Å². The van der Waals surface area contributed by atoms with Crippen molar-refractivity contribution in [2.75, 3.05) is 12.5 Å². The van der Waals surface area contributed by atoms with Crippen molar-refractivity contribution in [1.29, 1.82) is 0 Å². The molecule has 0 bridgehead atoms. The summed E-state index contributed by atoms with van der Waals surface area (Å²) in [4.78, 5) is 34.8. The molecule has 0 aliphatic carbocycles. The van der Waals surface area contributed by atoms with Gasteiger partial charge in [-0.15, -0.1) is 0 Å². The van der Waals surface area contributed by atoms with E-state index in [0.29, 0.717) is 33.8 Å². The molecule has 0 atom stereocenters. The Kier molecular flexibility index (Phi) is 4.71. The normalized spacial score (nSPS) is 10.9.